The molecule has 0 heterocycles. The Morgan fingerprint density at radius 3 is 2.55 bits per heavy atom. The fourth-order valence-corrected chi connectivity index (χ4v) is 1.84. The lowest BCUT2D eigenvalue weighted by Crippen LogP contribution is -2.44. The number of amides is 2. The van der Waals surface area contributed by atoms with Crippen LogP contribution in [0.3, 0.4) is 0 Å². The summed E-state index contributed by atoms with van der Waals surface area (Å²) in [5.41, 5.74) is 11.5. The van der Waals surface area contributed by atoms with Crippen molar-refractivity contribution in [2.45, 2.75) is 38.0 Å². The fraction of sp³-hybridized carbons (Fsp3) is 0.467. The predicted octanol–water partition coefficient (Wildman–Crippen LogP) is 0.257. The molecule has 7 nitrogen and oxygen atoms in total. The second-order valence-corrected chi connectivity index (χ2v) is 5.00. The Morgan fingerprint density at radius 1 is 1.23 bits per heavy atom. The molecule has 0 saturated heterocycles. The number of carbonyl (C=O) groups is 2. The summed E-state index contributed by atoms with van der Waals surface area (Å²) in [6.07, 6.45) is -0.0382. The summed E-state index contributed by atoms with van der Waals surface area (Å²) < 4.78 is 5.05. The van der Waals surface area contributed by atoms with Gasteiger partial charge in [-0.1, -0.05) is 36.8 Å². The molecule has 0 saturated carbocycles. The van der Waals surface area contributed by atoms with Crippen molar-refractivity contribution < 1.29 is 19.4 Å². The summed E-state index contributed by atoms with van der Waals surface area (Å²) in [5.74, 6) is -0.824. The highest BCUT2D eigenvalue weighted by molar-refractivity contribution is 5.79. The van der Waals surface area contributed by atoms with Gasteiger partial charge in [0.2, 0.25) is 5.91 Å². The molecule has 1 aromatic carbocycles. The SMILES string of the molecule is NC(=O)C(O)C(N)CCCCNC(=O)OCc1ccccc1. The van der Waals surface area contributed by atoms with Gasteiger partial charge in [0, 0.05) is 12.6 Å². The standard InChI is InChI=1S/C15H23N3O4/c16-12(13(19)14(17)20)8-4-5-9-18-15(21)22-10-11-6-2-1-3-7-11/h1-3,6-7,12-13,19H,4-5,8-10,16H2,(H2,17,20)(H,18,21). The zero-order chi connectivity index (χ0) is 16.4. The Balaban J connectivity index is 2.07. The van der Waals surface area contributed by atoms with Crippen molar-refractivity contribution in [3.63, 3.8) is 0 Å². The highest BCUT2D eigenvalue weighted by atomic mass is 16.5. The number of unbranched alkanes of at least 4 members (excludes halogenated alkanes) is 1. The van der Waals surface area contributed by atoms with E-state index in [4.69, 9.17) is 16.2 Å². The molecule has 0 spiro atoms. The number of nitrogens with one attached hydrogen (secondary N) is 1. The van der Waals surface area contributed by atoms with Gasteiger partial charge in [0.1, 0.15) is 12.7 Å². The summed E-state index contributed by atoms with van der Waals surface area (Å²) >= 11 is 0. The van der Waals surface area contributed by atoms with E-state index in [0.29, 0.717) is 25.8 Å². The first-order valence-electron chi connectivity index (χ1n) is 7.18. The number of hydrogen-bond donors (Lipinski definition) is 4. The Kier molecular flexibility index (Phi) is 7.95. The van der Waals surface area contributed by atoms with Gasteiger partial charge in [-0.05, 0) is 18.4 Å². The maximum absolute atomic E-state index is 11.5. The van der Waals surface area contributed by atoms with Crippen molar-refractivity contribution in [2.75, 3.05) is 6.54 Å². The van der Waals surface area contributed by atoms with Crippen LogP contribution in [-0.2, 0) is 16.1 Å². The molecule has 0 fully saturated rings. The number of aliphatic hydroxyl groups is 1. The summed E-state index contributed by atoms with van der Waals surface area (Å²) in [7, 11) is 0. The lowest BCUT2D eigenvalue weighted by atomic mass is 10.0. The Bertz CT molecular complexity index is 467. The van der Waals surface area contributed by atoms with Crippen LogP contribution in [0.4, 0.5) is 4.79 Å². The number of benzene rings is 1. The van der Waals surface area contributed by atoms with Gasteiger partial charge in [-0.2, -0.15) is 0 Å². The topological polar surface area (TPSA) is 128 Å². The van der Waals surface area contributed by atoms with Gasteiger partial charge in [0.15, 0.2) is 0 Å². The molecule has 0 aliphatic rings. The third-order valence-electron chi connectivity index (χ3n) is 3.14. The van der Waals surface area contributed by atoms with E-state index in [9.17, 15) is 14.7 Å². The Morgan fingerprint density at radius 2 is 1.91 bits per heavy atom. The van der Waals surface area contributed by atoms with Gasteiger partial charge in [0.25, 0.3) is 0 Å². The number of aliphatic hydroxyl groups excluding tert-OH is 1. The first kappa shape index (κ1) is 17.9. The van der Waals surface area contributed by atoms with Crippen LogP contribution < -0.4 is 16.8 Å². The average Bonchev–Trinajstić information content (AvgIpc) is 2.52. The number of rotatable bonds is 9. The van der Waals surface area contributed by atoms with Crippen LogP contribution in [0.25, 0.3) is 0 Å². The zero-order valence-electron chi connectivity index (χ0n) is 12.4. The monoisotopic (exact) mass is 309 g/mol. The lowest BCUT2D eigenvalue weighted by Gasteiger charge is -2.15. The number of alkyl carbamates (subject to hydrolysis) is 1. The molecule has 1 aromatic rings. The summed E-state index contributed by atoms with van der Waals surface area (Å²) in [6.45, 7) is 0.662. The van der Waals surface area contributed by atoms with Crippen LogP contribution in [0, 0.1) is 0 Å². The minimum Gasteiger partial charge on any atom is -0.445 e. The van der Waals surface area contributed by atoms with Gasteiger partial charge in [-0.25, -0.2) is 4.79 Å². The van der Waals surface area contributed by atoms with Crippen LogP contribution in [0.2, 0.25) is 0 Å². The quantitative estimate of drug-likeness (QED) is 0.486. The highest BCUT2D eigenvalue weighted by Crippen LogP contribution is 2.03. The second-order valence-electron chi connectivity index (χ2n) is 5.00. The van der Waals surface area contributed by atoms with E-state index in [-0.39, 0.29) is 6.61 Å². The van der Waals surface area contributed by atoms with Crippen LogP contribution in [0.15, 0.2) is 30.3 Å². The molecule has 0 bridgehead atoms. The molecular formula is C15H23N3O4. The maximum Gasteiger partial charge on any atom is 0.407 e. The highest BCUT2D eigenvalue weighted by Gasteiger charge is 2.19. The van der Waals surface area contributed by atoms with Crippen molar-refractivity contribution in [1.29, 1.82) is 0 Å². The average molecular weight is 309 g/mol. The van der Waals surface area contributed by atoms with E-state index in [0.717, 1.165) is 5.56 Å². The summed E-state index contributed by atoms with van der Waals surface area (Å²) in [4.78, 5) is 22.2. The number of ether oxygens (including phenoxy) is 1. The second kappa shape index (κ2) is 9.75. The van der Waals surface area contributed by atoms with Crippen LogP contribution in [0.5, 0.6) is 0 Å². The van der Waals surface area contributed by atoms with Crippen molar-refractivity contribution in [2.24, 2.45) is 11.5 Å². The van der Waals surface area contributed by atoms with Gasteiger partial charge < -0.3 is 26.6 Å². The zero-order valence-corrected chi connectivity index (χ0v) is 12.4. The smallest absolute Gasteiger partial charge is 0.407 e. The molecular weight excluding hydrogens is 286 g/mol. The summed E-state index contributed by atoms with van der Waals surface area (Å²) in [5, 5.41) is 12.0. The third kappa shape index (κ3) is 7.05. The molecule has 0 aliphatic heterocycles. The summed E-state index contributed by atoms with van der Waals surface area (Å²) in [6, 6.07) is 8.71. The minimum atomic E-state index is -1.33. The molecule has 6 N–H and O–H groups in total. The van der Waals surface area contributed by atoms with Crippen molar-refractivity contribution in [3.05, 3.63) is 35.9 Å². The van der Waals surface area contributed by atoms with Gasteiger partial charge in [-0.15, -0.1) is 0 Å². The molecule has 22 heavy (non-hydrogen) atoms. The molecule has 2 amide bonds. The maximum atomic E-state index is 11.5. The van der Waals surface area contributed by atoms with Crippen molar-refractivity contribution in [1.82, 2.24) is 5.32 Å². The van der Waals surface area contributed by atoms with Gasteiger partial charge in [-0.3, -0.25) is 4.79 Å². The Hall–Kier alpha value is -2.12. The van der Waals surface area contributed by atoms with E-state index in [1.165, 1.54) is 0 Å². The number of hydrogen-bond acceptors (Lipinski definition) is 5. The van der Waals surface area contributed by atoms with Crippen molar-refractivity contribution in [3.8, 4) is 0 Å². The largest absolute Gasteiger partial charge is 0.445 e. The molecule has 1 rings (SSSR count). The van der Waals surface area contributed by atoms with E-state index < -0.39 is 24.1 Å². The Labute approximate surface area is 129 Å². The molecule has 7 heteroatoms. The third-order valence-corrected chi connectivity index (χ3v) is 3.14. The lowest BCUT2D eigenvalue weighted by molar-refractivity contribution is -0.127. The molecule has 0 aromatic heterocycles. The van der Waals surface area contributed by atoms with E-state index in [1.807, 2.05) is 30.3 Å². The van der Waals surface area contributed by atoms with E-state index in [1.54, 1.807) is 0 Å². The van der Waals surface area contributed by atoms with Crippen LogP contribution in [0.1, 0.15) is 24.8 Å². The van der Waals surface area contributed by atoms with E-state index >= 15 is 0 Å². The first-order chi connectivity index (χ1) is 10.5. The normalized spacial score (nSPS) is 13.2. The van der Waals surface area contributed by atoms with Gasteiger partial charge in [0.05, 0.1) is 0 Å². The number of carbonyl (C=O) groups excluding carboxylic acids is 2. The first-order valence-corrected chi connectivity index (χ1v) is 7.18. The molecule has 2 atom stereocenters. The van der Waals surface area contributed by atoms with Crippen LogP contribution in [-0.4, -0.2) is 35.8 Å². The molecule has 122 valence electrons. The molecule has 0 radical (unpaired) electrons. The van der Waals surface area contributed by atoms with Crippen molar-refractivity contribution >= 4 is 12.0 Å². The van der Waals surface area contributed by atoms with E-state index in [2.05, 4.69) is 5.32 Å². The fourth-order valence-electron chi connectivity index (χ4n) is 1.84. The number of primary amides is 1. The predicted molar refractivity (Wildman–Crippen MR) is 81.7 cm³/mol. The minimum absolute atomic E-state index is 0.225. The number of nitrogens with two attached hydrogens (primary N) is 2. The molecule has 0 aliphatic carbocycles. The molecule has 2 unspecified atom stereocenters. The van der Waals surface area contributed by atoms with Gasteiger partial charge >= 0.3 is 6.09 Å². The van der Waals surface area contributed by atoms with Crippen LogP contribution >= 0.6 is 0 Å².